The van der Waals surface area contributed by atoms with Gasteiger partial charge in [-0.25, -0.2) is 9.97 Å². The molecule has 0 saturated carbocycles. The fourth-order valence-corrected chi connectivity index (χ4v) is 6.63. The Morgan fingerprint density at radius 3 is 1.53 bits per heavy atom. The Balaban J connectivity index is 1.11. The number of likely N-dealkylation sites (tertiary alicyclic amines) is 2. The molecule has 4 aromatic rings. The number of nitrogens with one attached hydrogen (secondary N) is 2. The third kappa shape index (κ3) is 6.60. The van der Waals surface area contributed by atoms with Gasteiger partial charge < -0.3 is 36.0 Å². The van der Waals surface area contributed by atoms with Crippen molar-refractivity contribution in [1.29, 1.82) is 0 Å². The van der Waals surface area contributed by atoms with Gasteiger partial charge in [-0.05, 0) is 60.8 Å². The van der Waals surface area contributed by atoms with Crippen LogP contribution in [0.25, 0.3) is 33.6 Å². The quantitative estimate of drug-likeness (QED) is 0.194. The van der Waals surface area contributed by atoms with Crippen molar-refractivity contribution in [2.24, 2.45) is 17.4 Å². The monoisotopic (exact) mass is 638 g/mol. The van der Waals surface area contributed by atoms with Crippen LogP contribution in [-0.4, -0.2) is 79.9 Å². The third-order valence-electron chi connectivity index (χ3n) is 9.79. The van der Waals surface area contributed by atoms with Crippen LogP contribution in [0, 0.1) is 5.92 Å². The first-order chi connectivity index (χ1) is 22.7. The molecule has 11 nitrogen and oxygen atoms in total. The van der Waals surface area contributed by atoms with E-state index in [0.29, 0.717) is 13.1 Å². The number of benzene rings is 2. The van der Waals surface area contributed by atoms with Crippen molar-refractivity contribution in [2.45, 2.75) is 76.7 Å². The molecule has 6 N–H and O–H groups in total. The predicted molar refractivity (Wildman–Crippen MR) is 182 cm³/mol. The number of aromatic amines is 2. The Hall–Kier alpha value is -4.32. The van der Waals surface area contributed by atoms with E-state index >= 15 is 0 Å². The van der Waals surface area contributed by atoms with Crippen molar-refractivity contribution in [2.75, 3.05) is 20.2 Å². The summed E-state index contributed by atoms with van der Waals surface area (Å²) >= 11 is 0. The van der Waals surface area contributed by atoms with Crippen molar-refractivity contribution in [3.8, 4) is 33.6 Å². The molecule has 2 aliphatic rings. The van der Waals surface area contributed by atoms with Crippen molar-refractivity contribution < 1.29 is 14.3 Å². The van der Waals surface area contributed by atoms with Gasteiger partial charge in [0.15, 0.2) is 0 Å². The molecule has 248 valence electrons. The second-order valence-corrected chi connectivity index (χ2v) is 13.1. The van der Waals surface area contributed by atoms with E-state index in [9.17, 15) is 9.59 Å². The number of amides is 2. The summed E-state index contributed by atoms with van der Waals surface area (Å²) in [5, 5.41) is 0. The van der Waals surface area contributed by atoms with Crippen molar-refractivity contribution in [1.82, 2.24) is 29.7 Å². The maximum Gasteiger partial charge on any atom is 0.242 e. The zero-order valence-electron chi connectivity index (χ0n) is 27.6. The van der Waals surface area contributed by atoms with Crippen LogP contribution < -0.4 is 11.5 Å². The van der Waals surface area contributed by atoms with E-state index in [0.717, 1.165) is 71.0 Å². The van der Waals surface area contributed by atoms with Crippen LogP contribution in [-0.2, 0) is 14.3 Å². The lowest BCUT2D eigenvalue weighted by Crippen LogP contribution is -2.49. The molecule has 0 spiro atoms. The first-order valence-electron chi connectivity index (χ1n) is 16.6. The average molecular weight is 639 g/mol. The summed E-state index contributed by atoms with van der Waals surface area (Å²) < 4.78 is 5.29. The molecule has 0 bridgehead atoms. The van der Waals surface area contributed by atoms with Gasteiger partial charge in [0.2, 0.25) is 11.8 Å². The number of methoxy groups -OCH3 is 1. The normalized spacial score (nSPS) is 20.1. The molecule has 2 aromatic heterocycles. The van der Waals surface area contributed by atoms with Gasteiger partial charge in [-0.2, -0.15) is 0 Å². The zero-order chi connectivity index (χ0) is 33.2. The number of rotatable bonds is 10. The fraction of sp³-hybridized carbons (Fsp3) is 0.444. The number of aromatic nitrogens is 4. The molecule has 2 amide bonds. The van der Waals surface area contributed by atoms with Crippen LogP contribution in [0.5, 0.6) is 0 Å². The molecule has 6 rings (SSSR count). The summed E-state index contributed by atoms with van der Waals surface area (Å²) in [5.74, 6) is 1.55. The highest BCUT2D eigenvalue weighted by Crippen LogP contribution is 2.34. The van der Waals surface area contributed by atoms with Crippen LogP contribution in [0.3, 0.4) is 0 Å². The van der Waals surface area contributed by atoms with E-state index in [4.69, 9.17) is 16.2 Å². The summed E-state index contributed by atoms with van der Waals surface area (Å²) in [4.78, 5) is 46.0. The average Bonchev–Trinajstić information content (AvgIpc) is 3.93. The topological polar surface area (TPSA) is 159 Å². The first kappa shape index (κ1) is 32.6. The SMILES string of the molecule is CO[C@H](C)[C@H](N)C(=O)N1CCC[C@H]1c1ncc(-c2ccc(-c3ccc(-c4cnc([C@@H]5CCCN5C(=O)[C@@H](N)C(C)C)[nH]4)cc3)cc2)[nH]1. The smallest absolute Gasteiger partial charge is 0.242 e. The van der Waals surface area contributed by atoms with E-state index in [1.165, 1.54) is 0 Å². The molecule has 4 heterocycles. The van der Waals surface area contributed by atoms with E-state index in [1.54, 1.807) is 7.11 Å². The summed E-state index contributed by atoms with van der Waals surface area (Å²) in [5.41, 5.74) is 18.4. The Bertz CT molecular complexity index is 1680. The molecule has 2 fully saturated rings. The second-order valence-electron chi connectivity index (χ2n) is 13.1. The third-order valence-corrected chi connectivity index (χ3v) is 9.79. The van der Waals surface area contributed by atoms with Gasteiger partial charge in [0, 0.05) is 20.2 Å². The minimum Gasteiger partial charge on any atom is -0.380 e. The van der Waals surface area contributed by atoms with Crippen LogP contribution in [0.2, 0.25) is 0 Å². The molecule has 11 heteroatoms. The Kier molecular flexibility index (Phi) is 9.58. The number of ether oxygens (including phenoxy) is 1. The lowest BCUT2D eigenvalue weighted by Gasteiger charge is -2.28. The largest absolute Gasteiger partial charge is 0.380 e. The number of imidazole rings is 2. The highest BCUT2D eigenvalue weighted by molar-refractivity contribution is 5.83. The van der Waals surface area contributed by atoms with Gasteiger partial charge >= 0.3 is 0 Å². The summed E-state index contributed by atoms with van der Waals surface area (Å²) in [6, 6.07) is 15.3. The van der Waals surface area contributed by atoms with E-state index in [2.05, 4.69) is 68.5 Å². The molecule has 0 aliphatic carbocycles. The summed E-state index contributed by atoms with van der Waals surface area (Å²) in [7, 11) is 1.57. The molecule has 2 saturated heterocycles. The molecular formula is C36H46N8O3. The van der Waals surface area contributed by atoms with Gasteiger partial charge in [-0.1, -0.05) is 62.4 Å². The van der Waals surface area contributed by atoms with Crippen molar-refractivity contribution in [3.05, 3.63) is 72.6 Å². The second kappa shape index (κ2) is 13.8. The van der Waals surface area contributed by atoms with Crippen LogP contribution in [0.4, 0.5) is 0 Å². The van der Waals surface area contributed by atoms with Crippen LogP contribution >= 0.6 is 0 Å². The van der Waals surface area contributed by atoms with Crippen LogP contribution in [0.15, 0.2) is 60.9 Å². The lowest BCUT2D eigenvalue weighted by atomic mass is 10.0. The molecule has 5 atom stereocenters. The predicted octanol–water partition coefficient (Wildman–Crippen LogP) is 4.81. The molecule has 0 radical (unpaired) electrons. The number of hydrogen-bond donors (Lipinski definition) is 4. The number of nitrogens with two attached hydrogens (primary N) is 2. The van der Waals surface area contributed by atoms with Gasteiger partial charge in [0.25, 0.3) is 0 Å². The summed E-state index contributed by atoms with van der Waals surface area (Å²) in [6.45, 7) is 7.13. The number of hydrogen-bond acceptors (Lipinski definition) is 7. The minimum absolute atomic E-state index is 0.00523. The standard InChI is InChI=1S/C36H46N8O3/c1-21(2)31(37)35(45)43-17-5-7-29(43)33-39-19-27(41-33)25-13-9-23(10-14-25)24-11-15-26(16-12-24)28-20-40-34(42-28)30-8-6-18-44(30)36(46)32(38)22(3)47-4/h9-16,19-22,29-32H,5-8,17-18,37-38H2,1-4H3,(H,39,41)(H,40,42)/t22-,29+,30+,31+,32+/m1/s1. The molecule has 0 unspecified atom stereocenters. The highest BCUT2D eigenvalue weighted by atomic mass is 16.5. The first-order valence-corrected chi connectivity index (χ1v) is 16.6. The maximum atomic E-state index is 13.1. The Morgan fingerprint density at radius 1 is 0.723 bits per heavy atom. The maximum absolute atomic E-state index is 13.1. The number of carbonyl (C=O) groups excluding carboxylic acids is 2. The minimum atomic E-state index is -0.706. The Morgan fingerprint density at radius 2 is 1.13 bits per heavy atom. The Labute approximate surface area is 276 Å². The van der Waals surface area contributed by atoms with E-state index in [-0.39, 0.29) is 35.9 Å². The number of carbonyl (C=O) groups is 2. The van der Waals surface area contributed by atoms with E-state index < -0.39 is 12.1 Å². The van der Waals surface area contributed by atoms with Gasteiger partial charge in [0.1, 0.15) is 17.7 Å². The molecule has 2 aliphatic heterocycles. The lowest BCUT2D eigenvalue weighted by molar-refractivity contribution is -0.136. The summed E-state index contributed by atoms with van der Waals surface area (Å²) in [6.07, 6.45) is 6.88. The van der Waals surface area contributed by atoms with Gasteiger partial charge in [-0.15, -0.1) is 0 Å². The molecule has 2 aromatic carbocycles. The highest BCUT2D eigenvalue weighted by Gasteiger charge is 2.37. The van der Waals surface area contributed by atoms with Crippen molar-refractivity contribution >= 4 is 11.8 Å². The van der Waals surface area contributed by atoms with E-state index in [1.807, 2.05) is 43.0 Å². The fourth-order valence-electron chi connectivity index (χ4n) is 6.63. The number of H-pyrrole nitrogens is 2. The zero-order valence-corrected chi connectivity index (χ0v) is 27.6. The molecule has 47 heavy (non-hydrogen) atoms. The van der Waals surface area contributed by atoms with Crippen LogP contribution in [0.1, 0.15) is 70.2 Å². The van der Waals surface area contributed by atoms with Gasteiger partial charge in [0.05, 0.1) is 48.0 Å². The van der Waals surface area contributed by atoms with Crippen molar-refractivity contribution in [3.63, 3.8) is 0 Å². The number of nitrogens with zero attached hydrogens (tertiary/aromatic N) is 4. The molecular weight excluding hydrogens is 592 g/mol. The van der Waals surface area contributed by atoms with Gasteiger partial charge in [-0.3, -0.25) is 9.59 Å².